The lowest BCUT2D eigenvalue weighted by atomic mass is 10.00. The number of alkyl halides is 1. The van der Waals surface area contributed by atoms with Crippen LogP contribution in [0.5, 0.6) is 5.75 Å². The van der Waals surface area contributed by atoms with Crippen molar-refractivity contribution in [2.24, 2.45) is 5.92 Å². The summed E-state index contributed by atoms with van der Waals surface area (Å²) in [7, 11) is 0. The van der Waals surface area contributed by atoms with Crippen molar-refractivity contribution in [2.75, 3.05) is 13.2 Å². The fraction of sp³-hybridized carbons (Fsp3) is 0.606. The van der Waals surface area contributed by atoms with Gasteiger partial charge in [-0.05, 0) is 37.0 Å². The van der Waals surface area contributed by atoms with Gasteiger partial charge < -0.3 is 14.2 Å². The average molecular weight is 563 g/mol. The number of hydrogen-bond donors (Lipinski definition) is 0. The van der Waals surface area contributed by atoms with E-state index >= 15 is 0 Å². The summed E-state index contributed by atoms with van der Waals surface area (Å²) in [6.07, 6.45) is 11.0. The Bertz CT molecular complexity index is 1020. The highest BCUT2D eigenvalue weighted by Crippen LogP contribution is 2.33. The number of esters is 1. The van der Waals surface area contributed by atoms with Crippen LogP contribution in [0, 0.1) is 17.6 Å². The molecular weight excluding hydrogens is 517 g/mol. The van der Waals surface area contributed by atoms with E-state index in [2.05, 4.69) is 6.92 Å². The van der Waals surface area contributed by atoms with Crippen molar-refractivity contribution < 1.29 is 32.2 Å². The predicted molar refractivity (Wildman–Crippen MR) is 152 cm³/mol. The van der Waals surface area contributed by atoms with Crippen LogP contribution in [0.4, 0.5) is 13.2 Å². The molecule has 0 radical (unpaired) electrons. The summed E-state index contributed by atoms with van der Waals surface area (Å²) in [5, 5.41) is 0. The molecule has 1 heterocycles. The minimum Gasteiger partial charge on any atom is -0.421 e. The molecule has 2 aromatic carbocycles. The van der Waals surface area contributed by atoms with Crippen LogP contribution in [-0.2, 0) is 14.3 Å². The molecule has 1 saturated heterocycles. The predicted octanol–water partition coefficient (Wildman–Crippen LogP) is 9.65. The molecule has 4 nitrogen and oxygen atoms in total. The van der Waals surface area contributed by atoms with Crippen LogP contribution in [0.15, 0.2) is 36.4 Å². The molecule has 0 aromatic heterocycles. The minimum atomic E-state index is -1.87. The molecule has 1 aliphatic rings. The van der Waals surface area contributed by atoms with E-state index in [1.54, 1.807) is 24.3 Å². The summed E-state index contributed by atoms with van der Waals surface area (Å²) < 4.78 is 60.4. The number of carbonyl (C=O) groups excluding carboxylic acids is 1. The van der Waals surface area contributed by atoms with E-state index in [-0.39, 0.29) is 12.0 Å². The Morgan fingerprint density at radius 1 is 0.825 bits per heavy atom. The maximum Gasteiger partial charge on any atom is 0.346 e. The summed E-state index contributed by atoms with van der Waals surface area (Å²) in [6.45, 7) is 5.54. The zero-order valence-corrected chi connectivity index (χ0v) is 24.1. The third kappa shape index (κ3) is 9.91. The molecule has 40 heavy (non-hydrogen) atoms. The van der Waals surface area contributed by atoms with Crippen molar-refractivity contribution in [1.82, 2.24) is 0 Å². The van der Waals surface area contributed by atoms with Crippen LogP contribution < -0.4 is 4.74 Å². The quantitative estimate of drug-likeness (QED) is 0.109. The monoisotopic (exact) mass is 562 g/mol. The van der Waals surface area contributed by atoms with Crippen LogP contribution >= 0.6 is 0 Å². The first-order valence-corrected chi connectivity index (χ1v) is 15.1. The topological polar surface area (TPSA) is 44.8 Å². The van der Waals surface area contributed by atoms with Gasteiger partial charge in [0.05, 0.1) is 13.2 Å². The average Bonchev–Trinajstić information content (AvgIpc) is 2.97. The van der Waals surface area contributed by atoms with E-state index in [4.69, 9.17) is 14.2 Å². The molecule has 0 bridgehead atoms. The van der Waals surface area contributed by atoms with Gasteiger partial charge in [0.1, 0.15) is 0 Å². The van der Waals surface area contributed by atoms with Crippen LogP contribution in [0.2, 0.25) is 0 Å². The zero-order valence-electron chi connectivity index (χ0n) is 24.1. The Balaban J connectivity index is 1.48. The van der Waals surface area contributed by atoms with Crippen LogP contribution in [0.25, 0.3) is 11.1 Å². The fourth-order valence-electron chi connectivity index (χ4n) is 4.99. The molecule has 3 rings (SSSR count). The Morgan fingerprint density at radius 3 is 2.08 bits per heavy atom. The first-order valence-electron chi connectivity index (χ1n) is 15.1. The number of hydrogen-bond acceptors (Lipinski definition) is 4. The van der Waals surface area contributed by atoms with Crippen LogP contribution in [0.1, 0.15) is 109 Å². The molecular formula is C33H45F3O4. The maximum absolute atomic E-state index is 14.9. The molecule has 1 unspecified atom stereocenters. The van der Waals surface area contributed by atoms with E-state index < -0.39 is 35.8 Å². The number of halogens is 3. The maximum atomic E-state index is 14.9. The minimum absolute atomic E-state index is 0.00163. The second kappa shape index (κ2) is 17.4. The van der Waals surface area contributed by atoms with Gasteiger partial charge in [-0.1, -0.05) is 102 Å². The van der Waals surface area contributed by atoms with Gasteiger partial charge in [-0.15, -0.1) is 0 Å². The van der Waals surface area contributed by atoms with Gasteiger partial charge in [-0.25, -0.2) is 13.6 Å². The fourth-order valence-corrected chi connectivity index (χ4v) is 4.99. The highest BCUT2D eigenvalue weighted by molar-refractivity contribution is 5.77. The van der Waals surface area contributed by atoms with Crippen LogP contribution in [-0.4, -0.2) is 25.4 Å². The summed E-state index contributed by atoms with van der Waals surface area (Å²) in [6, 6.07) is 9.37. The number of ether oxygens (including phenoxy) is 3. The Hall–Kier alpha value is -2.38. The Kier molecular flexibility index (Phi) is 14.0. The lowest BCUT2D eigenvalue weighted by molar-refractivity contribution is -0.206. The van der Waals surface area contributed by atoms with Gasteiger partial charge in [-0.2, -0.15) is 4.39 Å². The van der Waals surface area contributed by atoms with Crippen molar-refractivity contribution in [3.63, 3.8) is 0 Å². The molecule has 0 spiro atoms. The number of rotatable bonds is 17. The summed E-state index contributed by atoms with van der Waals surface area (Å²) in [4.78, 5) is 12.0. The molecule has 0 N–H and O–H groups in total. The van der Waals surface area contributed by atoms with Gasteiger partial charge >= 0.3 is 5.97 Å². The van der Waals surface area contributed by atoms with E-state index in [1.807, 2.05) is 6.92 Å². The Labute approximate surface area is 237 Å². The number of carbonyl (C=O) groups is 1. The second-order valence-electron chi connectivity index (χ2n) is 10.9. The van der Waals surface area contributed by atoms with Gasteiger partial charge in [0.2, 0.25) is 5.82 Å². The molecule has 7 heteroatoms. The molecule has 1 atom stereocenters. The molecule has 0 amide bonds. The normalized spacial score (nSPS) is 18.0. The van der Waals surface area contributed by atoms with Crippen molar-refractivity contribution >= 4 is 5.97 Å². The SMILES string of the molecule is CCCCCCCCCC1COC(c2ccc(-c3ccc(OC(=O)C(F)CCCCCC)c(F)c3F)cc2)OC1. The first-order chi connectivity index (χ1) is 19.4. The zero-order chi connectivity index (χ0) is 28.7. The highest BCUT2D eigenvalue weighted by Gasteiger charge is 2.25. The third-order valence-electron chi connectivity index (χ3n) is 7.50. The van der Waals surface area contributed by atoms with Crippen molar-refractivity contribution in [3.8, 4) is 16.9 Å². The molecule has 1 fully saturated rings. The molecule has 0 aliphatic carbocycles. The van der Waals surface area contributed by atoms with Crippen molar-refractivity contribution in [3.05, 3.63) is 53.6 Å². The standard InChI is InChI=1S/C33H45F3O4/c1-3-5-7-9-10-11-12-14-24-22-38-33(39-23-24)26-18-16-25(17-19-26)27-20-21-29(31(36)30(27)35)40-32(37)28(34)15-13-8-6-4-2/h16-21,24,28,33H,3-15,22-23H2,1-2H3. The third-order valence-corrected chi connectivity index (χ3v) is 7.50. The van der Waals surface area contributed by atoms with Crippen molar-refractivity contribution in [1.29, 1.82) is 0 Å². The summed E-state index contributed by atoms with van der Waals surface area (Å²) in [5.41, 5.74) is 1.27. The lowest BCUT2D eigenvalue weighted by Gasteiger charge is -2.29. The van der Waals surface area contributed by atoms with Gasteiger partial charge in [0.15, 0.2) is 24.0 Å². The van der Waals surface area contributed by atoms with Gasteiger partial charge in [-0.3, -0.25) is 0 Å². The van der Waals surface area contributed by atoms with E-state index in [1.165, 1.54) is 51.0 Å². The summed E-state index contributed by atoms with van der Waals surface area (Å²) in [5.74, 6) is -3.91. The number of unbranched alkanes of at least 4 members (excludes halogenated alkanes) is 9. The smallest absolute Gasteiger partial charge is 0.346 e. The molecule has 2 aromatic rings. The largest absolute Gasteiger partial charge is 0.421 e. The lowest BCUT2D eigenvalue weighted by Crippen LogP contribution is -2.27. The second-order valence-corrected chi connectivity index (χ2v) is 10.9. The van der Waals surface area contributed by atoms with E-state index in [9.17, 15) is 18.0 Å². The first kappa shape index (κ1) is 32.1. The number of benzene rings is 2. The molecule has 222 valence electrons. The molecule has 0 saturated carbocycles. The molecule has 1 aliphatic heterocycles. The van der Waals surface area contributed by atoms with E-state index in [0.29, 0.717) is 31.1 Å². The van der Waals surface area contributed by atoms with E-state index in [0.717, 1.165) is 37.3 Å². The summed E-state index contributed by atoms with van der Waals surface area (Å²) >= 11 is 0. The van der Waals surface area contributed by atoms with Gasteiger partial charge in [0.25, 0.3) is 0 Å². The van der Waals surface area contributed by atoms with Crippen molar-refractivity contribution in [2.45, 2.75) is 110 Å². The van der Waals surface area contributed by atoms with Gasteiger partial charge in [0, 0.05) is 17.0 Å². The van der Waals surface area contributed by atoms with Crippen LogP contribution in [0.3, 0.4) is 0 Å². The highest BCUT2D eigenvalue weighted by atomic mass is 19.2. The Morgan fingerprint density at radius 2 is 1.43 bits per heavy atom.